The lowest BCUT2D eigenvalue weighted by Gasteiger charge is -2.25. The van der Waals surface area contributed by atoms with Gasteiger partial charge in [0.15, 0.2) is 0 Å². The van der Waals surface area contributed by atoms with Crippen LogP contribution in [0.4, 0.5) is 0 Å². The van der Waals surface area contributed by atoms with Crippen LogP contribution in [-0.4, -0.2) is 19.8 Å². The van der Waals surface area contributed by atoms with Gasteiger partial charge in [-0.05, 0) is 19.4 Å². The molecular formula is C17H24O2. The highest BCUT2D eigenvalue weighted by atomic mass is 16.5. The molecule has 104 valence electrons. The zero-order chi connectivity index (χ0) is 14.1. The Hall–Kier alpha value is -1.30. The van der Waals surface area contributed by atoms with E-state index >= 15 is 0 Å². The smallest absolute Gasteiger partial charge is 0.0753 e. The van der Waals surface area contributed by atoms with Crippen molar-refractivity contribution in [2.45, 2.75) is 33.5 Å². The normalized spacial score (nSPS) is 15.2. The van der Waals surface area contributed by atoms with Gasteiger partial charge in [-0.15, -0.1) is 5.92 Å². The van der Waals surface area contributed by atoms with Crippen LogP contribution in [0.5, 0.6) is 0 Å². The van der Waals surface area contributed by atoms with E-state index in [1.54, 1.807) is 7.11 Å². The third kappa shape index (κ3) is 5.46. The zero-order valence-electron chi connectivity index (χ0n) is 12.3. The van der Waals surface area contributed by atoms with Gasteiger partial charge in [-0.2, -0.15) is 0 Å². The first kappa shape index (κ1) is 15.8. The zero-order valence-corrected chi connectivity index (χ0v) is 12.3. The van der Waals surface area contributed by atoms with Crippen molar-refractivity contribution in [2.75, 3.05) is 13.7 Å². The minimum absolute atomic E-state index is 0.114. The lowest BCUT2D eigenvalue weighted by molar-refractivity contribution is -0.0115. The Morgan fingerprint density at radius 2 is 1.84 bits per heavy atom. The molecule has 0 aliphatic rings. The average Bonchev–Trinajstić information content (AvgIpc) is 2.41. The van der Waals surface area contributed by atoms with E-state index in [-0.39, 0.29) is 12.0 Å². The highest BCUT2D eigenvalue weighted by Crippen LogP contribution is 2.17. The summed E-state index contributed by atoms with van der Waals surface area (Å²) in [4.78, 5) is 0. The predicted octanol–water partition coefficient (Wildman–Crippen LogP) is 3.51. The first-order valence-electron chi connectivity index (χ1n) is 6.75. The Labute approximate surface area is 117 Å². The number of hydrogen-bond acceptors (Lipinski definition) is 2. The molecule has 0 aromatic heterocycles. The standard InChI is InChI=1S/C17H24O2/c1-5-9-14(2)17(18-4)15(3)12-19-13-16-10-7-6-8-11-16/h6-8,10-11,14-15,17H,12-13H2,1-4H3/t14-,15+,17-/m1/s1. The maximum absolute atomic E-state index is 5.76. The van der Waals surface area contributed by atoms with Crippen LogP contribution < -0.4 is 0 Å². The van der Waals surface area contributed by atoms with E-state index in [0.717, 1.165) is 0 Å². The Bertz CT molecular complexity index is 402. The van der Waals surface area contributed by atoms with Crippen LogP contribution in [-0.2, 0) is 16.1 Å². The van der Waals surface area contributed by atoms with E-state index in [1.807, 2.05) is 25.1 Å². The van der Waals surface area contributed by atoms with Crippen molar-refractivity contribution in [1.82, 2.24) is 0 Å². The van der Waals surface area contributed by atoms with Crippen molar-refractivity contribution in [3.8, 4) is 11.8 Å². The lowest BCUT2D eigenvalue weighted by Crippen LogP contribution is -2.30. The van der Waals surface area contributed by atoms with Gasteiger partial charge in [-0.1, -0.05) is 43.2 Å². The lowest BCUT2D eigenvalue weighted by atomic mass is 9.94. The second-order valence-corrected chi connectivity index (χ2v) is 4.86. The summed E-state index contributed by atoms with van der Waals surface area (Å²) in [6, 6.07) is 10.2. The van der Waals surface area contributed by atoms with Crippen molar-refractivity contribution in [1.29, 1.82) is 0 Å². The molecule has 0 bridgehead atoms. The fourth-order valence-corrected chi connectivity index (χ4v) is 2.27. The molecule has 1 aromatic carbocycles. The fourth-order valence-electron chi connectivity index (χ4n) is 2.27. The summed E-state index contributed by atoms with van der Waals surface area (Å²) in [6.45, 7) is 7.43. The molecule has 0 heterocycles. The van der Waals surface area contributed by atoms with Gasteiger partial charge < -0.3 is 9.47 Å². The van der Waals surface area contributed by atoms with Gasteiger partial charge in [0.25, 0.3) is 0 Å². The molecule has 0 spiro atoms. The fraction of sp³-hybridized carbons (Fsp3) is 0.529. The number of hydrogen-bond donors (Lipinski definition) is 0. The van der Waals surface area contributed by atoms with Crippen LogP contribution in [0.15, 0.2) is 30.3 Å². The first-order chi connectivity index (χ1) is 9.19. The molecule has 0 saturated heterocycles. The van der Waals surface area contributed by atoms with Gasteiger partial charge in [-0.25, -0.2) is 0 Å². The molecule has 0 amide bonds. The van der Waals surface area contributed by atoms with Crippen molar-refractivity contribution in [3.63, 3.8) is 0 Å². The van der Waals surface area contributed by atoms with Gasteiger partial charge in [-0.3, -0.25) is 0 Å². The van der Waals surface area contributed by atoms with Gasteiger partial charge in [0.1, 0.15) is 0 Å². The van der Waals surface area contributed by atoms with Crippen molar-refractivity contribution in [2.24, 2.45) is 11.8 Å². The Balaban J connectivity index is 2.40. The third-order valence-corrected chi connectivity index (χ3v) is 3.19. The maximum atomic E-state index is 5.76. The highest BCUT2D eigenvalue weighted by Gasteiger charge is 2.22. The molecule has 0 aliphatic carbocycles. The highest BCUT2D eigenvalue weighted by molar-refractivity contribution is 5.13. The Morgan fingerprint density at radius 1 is 1.16 bits per heavy atom. The summed E-state index contributed by atoms with van der Waals surface area (Å²) in [5, 5.41) is 0. The van der Waals surface area contributed by atoms with E-state index in [1.165, 1.54) is 5.56 Å². The van der Waals surface area contributed by atoms with Crippen LogP contribution in [0.2, 0.25) is 0 Å². The summed E-state index contributed by atoms with van der Waals surface area (Å²) >= 11 is 0. The quantitative estimate of drug-likeness (QED) is 0.698. The third-order valence-electron chi connectivity index (χ3n) is 3.19. The van der Waals surface area contributed by atoms with E-state index in [9.17, 15) is 0 Å². The van der Waals surface area contributed by atoms with Crippen LogP contribution in [0.25, 0.3) is 0 Å². The van der Waals surface area contributed by atoms with Crippen LogP contribution in [0, 0.1) is 23.7 Å². The van der Waals surface area contributed by atoms with E-state index in [2.05, 4.69) is 37.8 Å². The molecule has 19 heavy (non-hydrogen) atoms. The largest absolute Gasteiger partial charge is 0.380 e. The number of ether oxygens (including phenoxy) is 2. The van der Waals surface area contributed by atoms with Gasteiger partial charge in [0.05, 0.1) is 19.3 Å². The van der Waals surface area contributed by atoms with E-state index in [0.29, 0.717) is 19.1 Å². The first-order valence-corrected chi connectivity index (χ1v) is 6.75. The molecule has 3 atom stereocenters. The summed E-state index contributed by atoms with van der Waals surface area (Å²) < 4.78 is 11.3. The topological polar surface area (TPSA) is 18.5 Å². The molecule has 0 aliphatic heterocycles. The van der Waals surface area contributed by atoms with Crippen molar-refractivity contribution in [3.05, 3.63) is 35.9 Å². The molecule has 0 N–H and O–H groups in total. The van der Waals surface area contributed by atoms with Crippen LogP contribution >= 0.6 is 0 Å². The molecule has 0 unspecified atom stereocenters. The van der Waals surface area contributed by atoms with Crippen LogP contribution in [0.3, 0.4) is 0 Å². The van der Waals surface area contributed by atoms with E-state index < -0.39 is 0 Å². The molecule has 1 aromatic rings. The number of benzene rings is 1. The molecule has 2 heteroatoms. The van der Waals surface area contributed by atoms with Gasteiger partial charge in [0.2, 0.25) is 0 Å². The maximum Gasteiger partial charge on any atom is 0.0753 e. The van der Waals surface area contributed by atoms with Gasteiger partial charge in [0, 0.05) is 18.9 Å². The number of methoxy groups -OCH3 is 1. The predicted molar refractivity (Wildman–Crippen MR) is 78.7 cm³/mol. The Kier molecular flexibility index (Phi) is 7.25. The second kappa shape index (κ2) is 8.74. The summed E-state index contributed by atoms with van der Waals surface area (Å²) in [7, 11) is 1.74. The summed E-state index contributed by atoms with van der Waals surface area (Å²) in [6.07, 6.45) is 0.114. The molecule has 0 fully saturated rings. The van der Waals surface area contributed by atoms with E-state index in [4.69, 9.17) is 9.47 Å². The molecule has 0 saturated carbocycles. The number of rotatable bonds is 7. The molecule has 0 radical (unpaired) electrons. The van der Waals surface area contributed by atoms with Gasteiger partial charge >= 0.3 is 0 Å². The van der Waals surface area contributed by atoms with Crippen molar-refractivity contribution < 1.29 is 9.47 Å². The minimum Gasteiger partial charge on any atom is -0.380 e. The average molecular weight is 260 g/mol. The molecule has 1 rings (SSSR count). The summed E-state index contributed by atoms with van der Waals surface area (Å²) in [5.74, 6) is 6.65. The second-order valence-electron chi connectivity index (χ2n) is 4.86. The minimum atomic E-state index is 0.114. The van der Waals surface area contributed by atoms with Crippen molar-refractivity contribution >= 4 is 0 Å². The summed E-state index contributed by atoms with van der Waals surface area (Å²) in [5.41, 5.74) is 1.20. The molecular weight excluding hydrogens is 236 g/mol. The Morgan fingerprint density at radius 3 is 2.42 bits per heavy atom. The van der Waals surface area contributed by atoms with Crippen LogP contribution in [0.1, 0.15) is 26.3 Å². The molecule has 2 nitrogen and oxygen atoms in total. The SMILES string of the molecule is CC#C[C@@H](C)[C@@H](OC)[C@@H](C)COCc1ccccc1. The monoisotopic (exact) mass is 260 g/mol.